The number of aromatic hydroxyl groups is 1. The molecule has 34 heavy (non-hydrogen) atoms. The van der Waals surface area contributed by atoms with E-state index in [9.17, 15) is 24.1 Å². The van der Waals surface area contributed by atoms with Crippen molar-refractivity contribution in [1.29, 1.82) is 0 Å². The van der Waals surface area contributed by atoms with Gasteiger partial charge >= 0.3 is 17.1 Å². The minimum absolute atomic E-state index is 0. The van der Waals surface area contributed by atoms with E-state index in [4.69, 9.17) is 27.9 Å². The predicted molar refractivity (Wildman–Crippen MR) is 136 cm³/mol. The molecule has 2 heterocycles. The van der Waals surface area contributed by atoms with Crippen molar-refractivity contribution in [2.75, 3.05) is 13.2 Å². The van der Waals surface area contributed by atoms with Gasteiger partial charge in [-0.1, -0.05) is 30.6 Å². The Morgan fingerprint density at radius 2 is 1.47 bits per heavy atom. The highest BCUT2D eigenvalue weighted by Gasteiger charge is 2.16. The first kappa shape index (κ1) is 34.7. The number of carbonyl (C=O) groups excluding carboxylic acids is 2. The monoisotopic (exact) mass is 598 g/mol. The van der Waals surface area contributed by atoms with E-state index in [0.717, 1.165) is 6.20 Å². The molecule has 192 valence electrons. The van der Waals surface area contributed by atoms with E-state index in [0.29, 0.717) is 22.3 Å². The summed E-state index contributed by atoms with van der Waals surface area (Å²) in [5.74, 6) is -1.46. The normalized spacial score (nSPS) is 9.91. The number of halogens is 5. The topological polar surface area (TPSA) is 136 Å². The Balaban J connectivity index is 0. The zero-order valence-corrected chi connectivity index (χ0v) is 22.4. The fraction of sp³-hybridized carbons (Fsp3) is 0.368. The molecule has 15 heteroatoms. The van der Waals surface area contributed by atoms with E-state index in [-0.39, 0.29) is 36.5 Å². The molecule has 0 aliphatic rings. The molecular formula is C19H24Cl5N2O7P. The molecule has 0 aliphatic carbocycles. The number of ether oxygens (including phenoxy) is 2. The third-order valence-corrected chi connectivity index (χ3v) is 4.34. The van der Waals surface area contributed by atoms with Crippen molar-refractivity contribution in [3.63, 3.8) is 0 Å². The Morgan fingerprint density at radius 1 is 1.03 bits per heavy atom. The second kappa shape index (κ2) is 16.2. The second-order valence-corrected chi connectivity index (χ2v) is 13.1. The summed E-state index contributed by atoms with van der Waals surface area (Å²) < 4.78 is 19.0. The molecule has 2 rings (SSSR count). The first-order valence-corrected chi connectivity index (χ1v) is 14.1. The first-order chi connectivity index (χ1) is 15.1. The smallest absolute Gasteiger partial charge is 0.343 e. The number of pyridine rings is 2. The van der Waals surface area contributed by atoms with Gasteiger partial charge in [-0.25, -0.2) is 14.6 Å². The highest BCUT2D eigenvalue weighted by Crippen LogP contribution is 2.61. The van der Waals surface area contributed by atoms with Crippen LogP contribution in [0, 0.1) is 13.8 Å². The zero-order valence-electron chi connectivity index (χ0n) is 17.7. The summed E-state index contributed by atoms with van der Waals surface area (Å²) in [5.41, 5.74) is 0.490. The van der Waals surface area contributed by atoms with E-state index in [1.807, 2.05) is 0 Å². The molecule has 2 N–H and O–H groups in total. The number of esters is 2. The van der Waals surface area contributed by atoms with E-state index in [1.165, 1.54) is 13.1 Å². The van der Waals surface area contributed by atoms with Crippen LogP contribution in [0.1, 0.15) is 53.1 Å². The lowest BCUT2D eigenvalue weighted by Gasteiger charge is -2.06. The highest BCUT2D eigenvalue weighted by molar-refractivity contribution is 8.24. The average molecular weight is 601 g/mol. The maximum Gasteiger partial charge on any atom is 0.343 e. The lowest BCUT2D eigenvalue weighted by molar-refractivity contribution is 0.0514. The maximum absolute atomic E-state index is 11.3. The summed E-state index contributed by atoms with van der Waals surface area (Å²) >= 11 is 25.5. The van der Waals surface area contributed by atoms with Crippen molar-refractivity contribution in [3.05, 3.63) is 55.2 Å². The number of aromatic nitrogens is 2. The van der Waals surface area contributed by atoms with Crippen LogP contribution in [-0.2, 0) is 14.0 Å². The van der Waals surface area contributed by atoms with Gasteiger partial charge in [0.05, 0.1) is 29.4 Å². The minimum Gasteiger partial charge on any atom is -0.507 e. The molecule has 0 saturated carbocycles. The van der Waals surface area contributed by atoms with Crippen molar-refractivity contribution < 1.29 is 28.7 Å². The van der Waals surface area contributed by atoms with Gasteiger partial charge in [0.2, 0.25) is 0 Å². The van der Waals surface area contributed by atoms with E-state index in [2.05, 4.69) is 48.4 Å². The van der Waals surface area contributed by atoms with E-state index < -0.39 is 22.7 Å². The van der Waals surface area contributed by atoms with Gasteiger partial charge in [0.15, 0.2) is 0 Å². The molecule has 0 atom stereocenters. The number of hydrogen-bond donors (Lipinski definition) is 2. The molecule has 0 bridgehead atoms. The number of aromatic amines is 1. The van der Waals surface area contributed by atoms with Crippen molar-refractivity contribution in [1.82, 2.24) is 9.97 Å². The number of nitrogens with zero attached hydrogens (tertiary/aromatic N) is 1. The number of H-pyrrole nitrogens is 1. The van der Waals surface area contributed by atoms with Crippen molar-refractivity contribution in [2.24, 2.45) is 0 Å². The SMILES string of the molecule is C.CCOC(=O)c1c[nH]c(=O)c(C)c1O.CCOC(=O)c1cnc(Cl)c(C)c1Cl.O=P(Cl)(Cl)Cl. The van der Waals surface area contributed by atoms with Crippen molar-refractivity contribution in [3.8, 4) is 5.75 Å². The predicted octanol–water partition coefficient (Wildman–Crippen LogP) is 6.89. The summed E-state index contributed by atoms with van der Waals surface area (Å²) in [4.78, 5) is 39.7. The maximum atomic E-state index is 11.3. The van der Waals surface area contributed by atoms with Gasteiger partial charge in [-0.05, 0) is 61.4 Å². The standard InChI is InChI=1S/C9H9Cl2NO2.C9H11NO4.CH4.Cl3OP/c1-3-14-9(13)6-4-12-8(11)5(2)7(6)10;1-3-14-9(13)6-4-10-8(12)5(2)7(6)11;;1-5(2,3)4/h4H,3H2,1-2H3;4H,3H2,1-2H3,(H2,10,11,12);1H4;. The molecule has 0 fully saturated rings. The highest BCUT2D eigenvalue weighted by atomic mass is 36.0. The van der Waals surface area contributed by atoms with Crippen molar-refractivity contribution in [2.45, 2.75) is 35.1 Å². The first-order valence-electron chi connectivity index (χ1n) is 8.90. The summed E-state index contributed by atoms with van der Waals surface area (Å²) in [6.07, 6.45) is 2.46. The Hall–Kier alpha value is -1.48. The molecule has 2 aromatic rings. The quantitative estimate of drug-likeness (QED) is 0.220. The van der Waals surface area contributed by atoms with E-state index in [1.54, 1.807) is 20.8 Å². The summed E-state index contributed by atoms with van der Waals surface area (Å²) in [6, 6.07) is 0. The number of nitrogens with one attached hydrogen (secondary N) is 1. The van der Waals surface area contributed by atoms with Gasteiger partial charge in [0.25, 0.3) is 5.56 Å². The van der Waals surface area contributed by atoms with Crippen LogP contribution in [0.15, 0.2) is 17.2 Å². The summed E-state index contributed by atoms with van der Waals surface area (Å²) in [7, 11) is 0. The van der Waals surface area contributed by atoms with Crippen LogP contribution >= 0.6 is 62.1 Å². The molecule has 0 aliphatic heterocycles. The van der Waals surface area contributed by atoms with Crippen LogP contribution in [0.3, 0.4) is 0 Å². The van der Waals surface area contributed by atoms with Gasteiger partial charge < -0.3 is 19.6 Å². The lowest BCUT2D eigenvalue weighted by atomic mass is 10.2. The Morgan fingerprint density at radius 3 is 1.91 bits per heavy atom. The second-order valence-electron chi connectivity index (χ2n) is 5.75. The van der Waals surface area contributed by atoms with Gasteiger partial charge in [-0.15, -0.1) is 0 Å². The third kappa shape index (κ3) is 12.3. The summed E-state index contributed by atoms with van der Waals surface area (Å²) in [6.45, 7) is 7.03. The number of hydrogen-bond acceptors (Lipinski definition) is 8. The summed E-state index contributed by atoms with van der Waals surface area (Å²) in [5, 5.41) is 6.82. The van der Waals surface area contributed by atoms with Crippen molar-refractivity contribution >= 4 is 74.1 Å². The molecule has 0 aromatic carbocycles. The van der Waals surface area contributed by atoms with E-state index >= 15 is 0 Å². The van der Waals surface area contributed by atoms with Gasteiger partial charge in [0.1, 0.15) is 16.5 Å². The zero-order chi connectivity index (χ0) is 25.9. The third-order valence-electron chi connectivity index (χ3n) is 3.47. The Kier molecular flexibility index (Phi) is 16.6. The Labute approximate surface area is 221 Å². The average Bonchev–Trinajstić information content (AvgIpc) is 2.70. The lowest BCUT2D eigenvalue weighted by Crippen LogP contribution is -2.14. The molecule has 9 nitrogen and oxygen atoms in total. The molecule has 0 saturated heterocycles. The van der Waals surface area contributed by atoms with Crippen LogP contribution in [-0.4, -0.2) is 40.2 Å². The van der Waals surface area contributed by atoms with Crippen LogP contribution in [0.4, 0.5) is 0 Å². The fourth-order valence-corrected chi connectivity index (χ4v) is 2.31. The molecule has 0 amide bonds. The van der Waals surface area contributed by atoms with Crippen LogP contribution in [0.25, 0.3) is 0 Å². The van der Waals surface area contributed by atoms with Gasteiger partial charge in [0, 0.05) is 18.0 Å². The fourth-order valence-electron chi connectivity index (χ4n) is 1.91. The molecule has 0 unspecified atom stereocenters. The molecule has 0 radical (unpaired) electrons. The Bertz CT molecular complexity index is 1080. The van der Waals surface area contributed by atoms with Crippen LogP contribution in [0.2, 0.25) is 10.2 Å². The van der Waals surface area contributed by atoms with Gasteiger partial charge in [-0.3, -0.25) is 9.36 Å². The van der Waals surface area contributed by atoms with Crippen LogP contribution < -0.4 is 5.56 Å². The number of carbonyl (C=O) groups is 2. The van der Waals surface area contributed by atoms with Crippen LogP contribution in [0.5, 0.6) is 5.75 Å². The molecule has 0 spiro atoms. The molecular weight excluding hydrogens is 576 g/mol. The molecule has 2 aromatic heterocycles. The minimum atomic E-state index is -3.22. The van der Waals surface area contributed by atoms with Gasteiger partial charge in [-0.2, -0.15) is 0 Å². The largest absolute Gasteiger partial charge is 0.507 e. The number of rotatable bonds is 4.